The Morgan fingerprint density at radius 2 is 1.80 bits per heavy atom. The molecule has 0 aliphatic carbocycles. The van der Waals surface area contributed by atoms with Crippen molar-refractivity contribution < 1.29 is 4.79 Å². The summed E-state index contributed by atoms with van der Waals surface area (Å²) >= 11 is 0. The summed E-state index contributed by atoms with van der Waals surface area (Å²) in [5.74, 6) is 0.0357. The van der Waals surface area contributed by atoms with Crippen molar-refractivity contribution >= 4 is 6.03 Å². The number of urea groups is 1. The second kappa shape index (κ2) is 5.25. The molecule has 0 saturated carbocycles. The molecule has 2 unspecified atom stereocenters. The molecule has 0 aromatic rings. The average Bonchev–Trinajstić information content (AvgIpc) is 3.01. The summed E-state index contributed by atoms with van der Waals surface area (Å²) in [7, 11) is 0. The topological polar surface area (TPSA) is 50.6 Å². The molecule has 3 fully saturated rings. The first kappa shape index (κ1) is 13.7. The van der Waals surface area contributed by atoms with Gasteiger partial charge in [0.1, 0.15) is 0 Å². The van der Waals surface area contributed by atoms with Crippen molar-refractivity contribution in [2.75, 3.05) is 26.2 Å². The summed E-state index contributed by atoms with van der Waals surface area (Å²) < 4.78 is 0. The normalized spacial score (nSPS) is 33.8. The number of hydrogen-bond donors (Lipinski definition) is 0. The first-order valence-corrected chi connectivity index (χ1v) is 7.81. The van der Waals surface area contributed by atoms with Crippen LogP contribution in [0.4, 0.5) is 4.79 Å². The quantitative estimate of drug-likeness (QED) is 0.729. The third-order valence-corrected chi connectivity index (χ3v) is 5.10. The molecule has 0 N–H and O–H groups in total. The Morgan fingerprint density at radius 1 is 1.15 bits per heavy atom. The third-order valence-electron chi connectivity index (χ3n) is 5.10. The molecule has 5 heteroatoms. The van der Waals surface area contributed by atoms with Crippen LogP contribution in [0.3, 0.4) is 0 Å². The number of rotatable bonds is 1. The number of carbonyl (C=O) groups is 1. The fourth-order valence-electron chi connectivity index (χ4n) is 3.87. The van der Waals surface area contributed by atoms with Crippen LogP contribution in [-0.2, 0) is 0 Å². The number of nitriles is 1. The van der Waals surface area contributed by atoms with Crippen molar-refractivity contribution in [2.45, 2.75) is 51.2 Å². The van der Waals surface area contributed by atoms with E-state index in [1.807, 2.05) is 4.90 Å². The van der Waals surface area contributed by atoms with Crippen LogP contribution in [0.25, 0.3) is 0 Å². The van der Waals surface area contributed by atoms with Crippen molar-refractivity contribution in [3.05, 3.63) is 0 Å². The highest BCUT2D eigenvalue weighted by Crippen LogP contribution is 2.32. The Labute approximate surface area is 121 Å². The summed E-state index contributed by atoms with van der Waals surface area (Å²) in [5, 5.41) is 8.98. The molecule has 3 aliphatic heterocycles. The highest BCUT2D eigenvalue weighted by molar-refractivity contribution is 5.76. The van der Waals surface area contributed by atoms with E-state index in [1.165, 1.54) is 0 Å². The molecular formula is C15H24N4O. The standard InChI is InChI=1S/C15H24N4O/c1-11(2)18-9-13-3-4-14(10-18)19(13)15(20)17-6-5-12(7-16)8-17/h11-14H,3-6,8-10H2,1-2H3/t12-,13?,14?/m1/s1. The molecule has 0 spiro atoms. The van der Waals surface area contributed by atoms with Crippen molar-refractivity contribution in [3.63, 3.8) is 0 Å². The molecule has 2 amide bonds. The van der Waals surface area contributed by atoms with Crippen molar-refractivity contribution in [3.8, 4) is 6.07 Å². The maximum Gasteiger partial charge on any atom is 0.320 e. The Bertz CT molecular complexity index is 416. The maximum absolute atomic E-state index is 12.7. The van der Waals surface area contributed by atoms with Crippen LogP contribution in [0.2, 0.25) is 0 Å². The van der Waals surface area contributed by atoms with E-state index in [0.717, 1.165) is 38.9 Å². The van der Waals surface area contributed by atoms with E-state index in [-0.39, 0.29) is 11.9 Å². The highest BCUT2D eigenvalue weighted by atomic mass is 16.2. The molecule has 0 aromatic heterocycles. The molecule has 3 saturated heterocycles. The average molecular weight is 276 g/mol. The van der Waals surface area contributed by atoms with E-state index in [0.29, 0.717) is 24.7 Å². The minimum Gasteiger partial charge on any atom is -0.323 e. The molecule has 2 bridgehead atoms. The van der Waals surface area contributed by atoms with Crippen molar-refractivity contribution in [2.24, 2.45) is 5.92 Å². The minimum absolute atomic E-state index is 0.0357. The molecule has 5 nitrogen and oxygen atoms in total. The van der Waals surface area contributed by atoms with E-state index in [1.54, 1.807) is 0 Å². The zero-order valence-electron chi connectivity index (χ0n) is 12.5. The second-order valence-corrected chi connectivity index (χ2v) is 6.68. The summed E-state index contributed by atoms with van der Waals surface area (Å²) in [5.41, 5.74) is 0. The molecule has 0 aromatic carbocycles. The van der Waals surface area contributed by atoms with Gasteiger partial charge in [-0.1, -0.05) is 0 Å². The number of amides is 2. The van der Waals surface area contributed by atoms with Crippen LogP contribution < -0.4 is 0 Å². The number of piperazine rings is 1. The first-order valence-electron chi connectivity index (χ1n) is 7.81. The molecule has 110 valence electrons. The minimum atomic E-state index is 0.0357. The van der Waals surface area contributed by atoms with Gasteiger partial charge in [-0.2, -0.15) is 5.26 Å². The molecule has 3 heterocycles. The summed E-state index contributed by atoms with van der Waals surface area (Å²) in [6.45, 7) is 7.86. The zero-order chi connectivity index (χ0) is 14.3. The van der Waals surface area contributed by atoms with Crippen LogP contribution >= 0.6 is 0 Å². The molecule has 3 atom stereocenters. The lowest BCUT2D eigenvalue weighted by Gasteiger charge is -2.44. The van der Waals surface area contributed by atoms with Gasteiger partial charge in [-0.05, 0) is 33.1 Å². The van der Waals surface area contributed by atoms with Gasteiger partial charge in [0, 0.05) is 44.3 Å². The van der Waals surface area contributed by atoms with Gasteiger partial charge in [0.2, 0.25) is 0 Å². The third kappa shape index (κ3) is 2.26. The van der Waals surface area contributed by atoms with Crippen molar-refractivity contribution in [1.29, 1.82) is 5.26 Å². The van der Waals surface area contributed by atoms with Gasteiger partial charge in [0.15, 0.2) is 0 Å². The van der Waals surface area contributed by atoms with E-state index in [4.69, 9.17) is 5.26 Å². The van der Waals surface area contributed by atoms with Gasteiger partial charge in [-0.15, -0.1) is 0 Å². The number of nitrogens with zero attached hydrogens (tertiary/aromatic N) is 4. The summed E-state index contributed by atoms with van der Waals surface area (Å²) in [6, 6.07) is 3.79. The predicted molar refractivity (Wildman–Crippen MR) is 76.0 cm³/mol. The number of fused-ring (bicyclic) bond motifs is 2. The number of hydrogen-bond acceptors (Lipinski definition) is 3. The lowest BCUT2D eigenvalue weighted by atomic mass is 10.1. The smallest absolute Gasteiger partial charge is 0.320 e. The van der Waals surface area contributed by atoms with Crippen molar-refractivity contribution in [1.82, 2.24) is 14.7 Å². The van der Waals surface area contributed by atoms with Crippen LogP contribution in [-0.4, -0.2) is 65.0 Å². The van der Waals surface area contributed by atoms with Gasteiger partial charge >= 0.3 is 6.03 Å². The molecule has 3 rings (SSSR count). The SMILES string of the molecule is CC(C)N1CC2CCC(C1)N2C(=O)N1CC[C@H](C#N)C1. The van der Waals surface area contributed by atoms with Crippen LogP contribution in [0, 0.1) is 17.2 Å². The Morgan fingerprint density at radius 3 is 2.30 bits per heavy atom. The molecule has 0 radical (unpaired) electrons. The van der Waals surface area contributed by atoms with E-state index in [9.17, 15) is 4.79 Å². The van der Waals surface area contributed by atoms with Gasteiger partial charge in [0.25, 0.3) is 0 Å². The lowest BCUT2D eigenvalue weighted by Crippen LogP contribution is -2.59. The zero-order valence-corrected chi connectivity index (χ0v) is 12.5. The summed E-state index contributed by atoms with van der Waals surface area (Å²) in [6.07, 6.45) is 3.10. The van der Waals surface area contributed by atoms with Crippen LogP contribution in [0.5, 0.6) is 0 Å². The van der Waals surface area contributed by atoms with Gasteiger partial charge in [-0.3, -0.25) is 4.90 Å². The van der Waals surface area contributed by atoms with E-state index in [2.05, 4.69) is 29.7 Å². The molecular weight excluding hydrogens is 252 g/mol. The van der Waals surface area contributed by atoms with Gasteiger partial charge in [0.05, 0.1) is 12.0 Å². The highest BCUT2D eigenvalue weighted by Gasteiger charge is 2.45. The monoisotopic (exact) mass is 276 g/mol. The predicted octanol–water partition coefficient (Wildman–Crippen LogP) is 1.51. The first-order chi connectivity index (χ1) is 9.60. The molecule has 3 aliphatic rings. The van der Waals surface area contributed by atoms with E-state index < -0.39 is 0 Å². The van der Waals surface area contributed by atoms with Gasteiger partial charge in [-0.25, -0.2) is 4.79 Å². The molecule has 20 heavy (non-hydrogen) atoms. The number of carbonyl (C=O) groups excluding carboxylic acids is 1. The Balaban J connectivity index is 1.67. The van der Waals surface area contributed by atoms with Crippen LogP contribution in [0.15, 0.2) is 0 Å². The summed E-state index contributed by atoms with van der Waals surface area (Å²) in [4.78, 5) is 19.2. The fourth-order valence-corrected chi connectivity index (χ4v) is 3.87. The largest absolute Gasteiger partial charge is 0.323 e. The Kier molecular flexibility index (Phi) is 3.59. The lowest BCUT2D eigenvalue weighted by molar-refractivity contribution is 0.0577. The van der Waals surface area contributed by atoms with Crippen LogP contribution in [0.1, 0.15) is 33.1 Å². The van der Waals surface area contributed by atoms with E-state index >= 15 is 0 Å². The maximum atomic E-state index is 12.7. The number of likely N-dealkylation sites (tertiary alicyclic amines) is 2. The fraction of sp³-hybridized carbons (Fsp3) is 0.867. The van der Waals surface area contributed by atoms with Gasteiger partial charge < -0.3 is 9.80 Å². The second-order valence-electron chi connectivity index (χ2n) is 6.68. The Hall–Kier alpha value is -1.28.